The van der Waals surface area contributed by atoms with E-state index in [1.807, 2.05) is 13.8 Å². The first-order valence-corrected chi connectivity index (χ1v) is 15.0. The van der Waals surface area contributed by atoms with E-state index in [2.05, 4.69) is 71.0 Å². The van der Waals surface area contributed by atoms with Crippen molar-refractivity contribution in [2.75, 3.05) is 13.2 Å². The molecule has 2 aromatic rings. The molecule has 0 saturated heterocycles. The van der Waals surface area contributed by atoms with Gasteiger partial charge in [0.1, 0.15) is 13.2 Å². The fraction of sp³-hybridized carbons (Fsp3) is 0.250. The van der Waals surface area contributed by atoms with Crippen LogP contribution in [0, 0.1) is 84.9 Å². The third-order valence-corrected chi connectivity index (χ3v) is 6.00. The Balaban J connectivity index is 0.000000645. The quantitative estimate of drug-likeness (QED) is 0.236. The van der Waals surface area contributed by atoms with E-state index in [0.29, 0.717) is 25.7 Å². The number of aryl methyl sites for hydroxylation is 2. The normalized spacial score (nSPS) is 9.00. The highest BCUT2D eigenvalue weighted by Crippen LogP contribution is 2.09. The smallest absolute Gasteiger partial charge is 0.294 e. The van der Waals surface area contributed by atoms with Gasteiger partial charge in [0.15, 0.2) is 0 Å². The monoisotopic (exact) mass is 606 g/mol. The van der Waals surface area contributed by atoms with Gasteiger partial charge in [-0.15, -0.1) is 0 Å². The van der Waals surface area contributed by atoms with Crippen molar-refractivity contribution in [1.82, 2.24) is 0 Å². The lowest BCUT2D eigenvalue weighted by molar-refractivity contribution is 0.350. The van der Waals surface area contributed by atoms with Crippen LogP contribution >= 0.6 is 0 Å². The van der Waals surface area contributed by atoms with E-state index in [-0.39, 0.29) is 23.0 Å². The summed E-state index contributed by atoms with van der Waals surface area (Å²) in [6.45, 7) is 3.35. The standard InChI is InChI=1S/C18H14O2.2C7H8O3S/c19-17-15-13-11-9-7-5-3-1-2-4-6-8-10-12-14-16-18-20;2*1-6-2-4-7(5-3-6)11(8,9)10/h19-20H,5-8,17-18H2;2*2-5H,1H3,(H,8,9,10). The Hall–Kier alpha value is -4.46. The summed E-state index contributed by atoms with van der Waals surface area (Å²) in [5, 5.41) is 16.8. The first kappa shape index (κ1) is 37.5. The van der Waals surface area contributed by atoms with Gasteiger partial charge in [-0.25, -0.2) is 0 Å². The van der Waals surface area contributed by atoms with E-state index in [1.54, 1.807) is 24.3 Å². The molecule has 0 spiro atoms. The first-order chi connectivity index (χ1) is 19.9. The molecule has 0 amide bonds. The molecule has 0 unspecified atom stereocenters. The lowest BCUT2D eigenvalue weighted by Gasteiger charge is -1.95. The minimum atomic E-state index is -4.02. The van der Waals surface area contributed by atoms with Gasteiger partial charge in [-0.3, -0.25) is 9.11 Å². The third-order valence-electron chi connectivity index (χ3n) is 4.26. The third kappa shape index (κ3) is 21.4. The van der Waals surface area contributed by atoms with Crippen molar-refractivity contribution in [1.29, 1.82) is 0 Å². The van der Waals surface area contributed by atoms with Crippen LogP contribution in [0.3, 0.4) is 0 Å². The van der Waals surface area contributed by atoms with Crippen LogP contribution in [0.4, 0.5) is 0 Å². The molecule has 0 aliphatic rings. The van der Waals surface area contributed by atoms with Crippen LogP contribution < -0.4 is 0 Å². The van der Waals surface area contributed by atoms with E-state index >= 15 is 0 Å². The molecule has 0 radical (unpaired) electrons. The maximum absolute atomic E-state index is 10.5. The second-order valence-electron chi connectivity index (χ2n) is 7.70. The highest BCUT2D eigenvalue weighted by atomic mass is 32.2. The molecule has 4 N–H and O–H groups in total. The fourth-order valence-electron chi connectivity index (χ4n) is 2.26. The number of benzene rings is 2. The van der Waals surface area contributed by atoms with Crippen molar-refractivity contribution in [3.05, 3.63) is 59.7 Å². The lowest BCUT2D eigenvalue weighted by atomic mass is 10.2. The van der Waals surface area contributed by atoms with Crippen molar-refractivity contribution >= 4 is 20.2 Å². The fourth-order valence-corrected chi connectivity index (χ4v) is 3.22. The maximum atomic E-state index is 10.5. The average molecular weight is 607 g/mol. The molecule has 2 aromatic carbocycles. The van der Waals surface area contributed by atoms with E-state index in [0.717, 1.165) is 11.1 Å². The molecule has 0 saturated carbocycles. The Kier molecular flexibility index (Phi) is 19.9. The van der Waals surface area contributed by atoms with E-state index in [1.165, 1.54) is 24.3 Å². The predicted octanol–water partition coefficient (Wildman–Crippen LogP) is 3.04. The van der Waals surface area contributed by atoms with Crippen LogP contribution in [0.1, 0.15) is 36.8 Å². The largest absolute Gasteiger partial charge is 0.384 e. The molecular weight excluding hydrogens is 576 g/mol. The Morgan fingerprint density at radius 2 is 0.714 bits per heavy atom. The van der Waals surface area contributed by atoms with Gasteiger partial charge in [0.2, 0.25) is 0 Å². The first-order valence-electron chi connectivity index (χ1n) is 12.1. The molecule has 0 aliphatic carbocycles. The van der Waals surface area contributed by atoms with Crippen molar-refractivity contribution in [2.24, 2.45) is 0 Å². The van der Waals surface area contributed by atoms with Crippen molar-refractivity contribution in [2.45, 2.75) is 49.3 Å². The van der Waals surface area contributed by atoms with Gasteiger partial charge in [-0.05, 0) is 73.6 Å². The molecule has 0 aromatic heterocycles. The van der Waals surface area contributed by atoms with Crippen LogP contribution in [0.2, 0.25) is 0 Å². The van der Waals surface area contributed by atoms with Gasteiger partial charge in [0, 0.05) is 25.7 Å². The van der Waals surface area contributed by atoms with Gasteiger partial charge in [-0.2, -0.15) is 16.8 Å². The second kappa shape index (κ2) is 22.3. The van der Waals surface area contributed by atoms with Crippen molar-refractivity contribution < 1.29 is 36.2 Å². The predicted molar refractivity (Wildman–Crippen MR) is 161 cm³/mol. The van der Waals surface area contributed by atoms with Crippen LogP contribution in [0.5, 0.6) is 0 Å². The molecular formula is C32H30O8S2. The van der Waals surface area contributed by atoms with Crippen molar-refractivity contribution in [3.63, 3.8) is 0 Å². The van der Waals surface area contributed by atoms with E-state index in [4.69, 9.17) is 19.3 Å². The molecule has 218 valence electrons. The number of aliphatic hydroxyl groups excluding tert-OH is 2. The van der Waals surface area contributed by atoms with Crippen LogP contribution in [-0.4, -0.2) is 49.4 Å². The Bertz CT molecular complexity index is 1590. The van der Waals surface area contributed by atoms with Crippen LogP contribution in [0.15, 0.2) is 58.3 Å². The second-order valence-corrected chi connectivity index (χ2v) is 10.5. The summed E-state index contributed by atoms with van der Waals surface area (Å²) in [6, 6.07) is 12.0. The Labute approximate surface area is 249 Å². The Morgan fingerprint density at radius 3 is 0.929 bits per heavy atom. The number of hydrogen-bond acceptors (Lipinski definition) is 6. The molecule has 10 heteroatoms. The summed E-state index contributed by atoms with van der Waals surface area (Å²) in [5.41, 5.74) is 1.91. The molecule has 0 bridgehead atoms. The average Bonchev–Trinajstić information content (AvgIpc) is 2.93. The molecule has 2 rings (SSSR count). The van der Waals surface area contributed by atoms with Gasteiger partial charge in [0.05, 0.1) is 9.79 Å². The summed E-state index contributed by atoms with van der Waals surface area (Å²) >= 11 is 0. The maximum Gasteiger partial charge on any atom is 0.294 e. The summed E-state index contributed by atoms with van der Waals surface area (Å²) in [4.78, 5) is -0.133. The van der Waals surface area contributed by atoms with E-state index in [9.17, 15) is 16.8 Å². The molecule has 0 atom stereocenters. The molecule has 0 fully saturated rings. The molecule has 0 heterocycles. The number of unbranched alkanes of at least 4 members (excludes halogenated alkanes) is 2. The topological polar surface area (TPSA) is 149 Å². The zero-order valence-corrected chi connectivity index (χ0v) is 24.7. The van der Waals surface area contributed by atoms with Gasteiger partial charge >= 0.3 is 0 Å². The van der Waals surface area contributed by atoms with E-state index < -0.39 is 20.2 Å². The number of hydrogen-bond donors (Lipinski definition) is 4. The Morgan fingerprint density at radius 1 is 0.476 bits per heavy atom. The molecule has 42 heavy (non-hydrogen) atoms. The minimum absolute atomic E-state index is 0.0666. The zero-order chi connectivity index (χ0) is 31.7. The summed E-state index contributed by atoms with van der Waals surface area (Å²) in [7, 11) is -8.04. The number of rotatable bonds is 4. The van der Waals surface area contributed by atoms with Gasteiger partial charge in [0.25, 0.3) is 20.2 Å². The van der Waals surface area contributed by atoms with Crippen LogP contribution in [0.25, 0.3) is 0 Å². The summed E-state index contributed by atoms with van der Waals surface area (Å²) in [5.74, 6) is 32.0. The summed E-state index contributed by atoms with van der Waals surface area (Å²) < 4.78 is 59.1. The van der Waals surface area contributed by atoms with Crippen LogP contribution in [-0.2, 0) is 20.2 Å². The SMILES string of the molecule is Cc1ccc(S(=O)(=O)O)cc1.Cc1ccc(S(=O)(=O)O)cc1.OCC#CC#CCCC#CC#CCCC#CC#CCO. The molecule has 8 nitrogen and oxygen atoms in total. The minimum Gasteiger partial charge on any atom is -0.384 e. The zero-order valence-electron chi connectivity index (χ0n) is 23.1. The van der Waals surface area contributed by atoms with Crippen molar-refractivity contribution in [3.8, 4) is 71.0 Å². The van der Waals surface area contributed by atoms with Gasteiger partial charge in [-0.1, -0.05) is 70.9 Å². The molecule has 0 aliphatic heterocycles. The highest BCUT2D eigenvalue weighted by molar-refractivity contribution is 7.86. The summed E-state index contributed by atoms with van der Waals surface area (Å²) in [6.07, 6.45) is 2.59. The lowest BCUT2D eigenvalue weighted by Crippen LogP contribution is -1.96. The highest BCUT2D eigenvalue weighted by Gasteiger charge is 2.07. The number of aliphatic hydroxyl groups is 2. The van der Waals surface area contributed by atoms with Gasteiger partial charge < -0.3 is 10.2 Å².